The average Bonchev–Trinajstić information content (AvgIpc) is 2.99. The molecular weight excluding hydrogens is 218 g/mol. The number of halogens is 2. The van der Waals surface area contributed by atoms with Crippen LogP contribution in [0.15, 0.2) is 12.1 Å². The predicted molar refractivity (Wildman–Crippen MR) is 54.2 cm³/mol. The van der Waals surface area contributed by atoms with Crippen molar-refractivity contribution in [2.45, 2.75) is 12.8 Å². The van der Waals surface area contributed by atoms with Crippen molar-refractivity contribution in [3.05, 3.63) is 33.9 Å². The van der Waals surface area contributed by atoms with Crippen molar-refractivity contribution in [3.63, 3.8) is 0 Å². The Labute approximate surface area is 90.4 Å². The van der Waals surface area contributed by atoms with Gasteiger partial charge in [0.25, 0.3) is 5.69 Å². The third kappa shape index (κ3) is 2.26. The number of rotatable bonds is 4. The number of hydrogen-bond donors (Lipinski definition) is 1. The maximum absolute atomic E-state index is 13.3. The lowest BCUT2D eigenvalue weighted by atomic mass is 10.2. The minimum Gasteiger partial charge on any atom is -0.380 e. The van der Waals surface area contributed by atoms with Gasteiger partial charge in [-0.1, -0.05) is 0 Å². The number of nitro groups is 1. The van der Waals surface area contributed by atoms with Crippen molar-refractivity contribution < 1.29 is 13.7 Å². The Morgan fingerprint density at radius 1 is 1.38 bits per heavy atom. The Morgan fingerprint density at radius 2 is 1.94 bits per heavy atom. The summed E-state index contributed by atoms with van der Waals surface area (Å²) >= 11 is 0. The average molecular weight is 228 g/mol. The van der Waals surface area contributed by atoms with Crippen LogP contribution in [0.25, 0.3) is 0 Å². The Hall–Kier alpha value is -1.72. The second-order valence-corrected chi connectivity index (χ2v) is 3.87. The van der Waals surface area contributed by atoms with E-state index in [1.54, 1.807) is 0 Å². The monoisotopic (exact) mass is 228 g/mol. The zero-order valence-electron chi connectivity index (χ0n) is 8.37. The van der Waals surface area contributed by atoms with Gasteiger partial charge in [0.05, 0.1) is 17.1 Å². The summed E-state index contributed by atoms with van der Waals surface area (Å²) in [6.45, 7) is 0.506. The summed E-state index contributed by atoms with van der Waals surface area (Å²) in [5.74, 6) is -1.38. The molecule has 1 fully saturated rings. The molecule has 0 aliphatic heterocycles. The van der Waals surface area contributed by atoms with Crippen molar-refractivity contribution in [2.75, 3.05) is 11.9 Å². The fourth-order valence-corrected chi connectivity index (χ4v) is 1.40. The molecule has 0 heterocycles. The first-order chi connectivity index (χ1) is 7.58. The highest BCUT2D eigenvalue weighted by molar-refractivity contribution is 5.51. The SMILES string of the molecule is O=[N+]([O-])c1cc(F)c(NCC2CC2)c(F)c1. The lowest BCUT2D eigenvalue weighted by Crippen LogP contribution is -2.07. The third-order valence-corrected chi connectivity index (χ3v) is 2.50. The van der Waals surface area contributed by atoms with E-state index >= 15 is 0 Å². The Kier molecular flexibility index (Phi) is 2.72. The van der Waals surface area contributed by atoms with Gasteiger partial charge in [0, 0.05) is 6.54 Å². The van der Waals surface area contributed by atoms with Gasteiger partial charge in [-0.05, 0) is 18.8 Å². The van der Waals surface area contributed by atoms with Gasteiger partial charge in [-0.3, -0.25) is 10.1 Å². The topological polar surface area (TPSA) is 55.2 Å². The maximum atomic E-state index is 13.3. The van der Waals surface area contributed by atoms with E-state index in [1.807, 2.05) is 0 Å². The van der Waals surface area contributed by atoms with Gasteiger partial charge >= 0.3 is 0 Å². The van der Waals surface area contributed by atoms with E-state index in [9.17, 15) is 18.9 Å². The number of nitrogens with one attached hydrogen (secondary N) is 1. The molecule has 0 spiro atoms. The third-order valence-electron chi connectivity index (χ3n) is 2.50. The molecule has 2 rings (SSSR count). The molecule has 1 aliphatic carbocycles. The summed E-state index contributed by atoms with van der Waals surface area (Å²) in [7, 11) is 0. The van der Waals surface area contributed by atoms with Crippen LogP contribution in [-0.2, 0) is 0 Å². The lowest BCUT2D eigenvalue weighted by Gasteiger charge is -2.07. The molecular formula is C10H10F2N2O2. The number of nitro benzene ring substituents is 1. The molecule has 86 valence electrons. The van der Waals surface area contributed by atoms with Crippen LogP contribution in [0.3, 0.4) is 0 Å². The van der Waals surface area contributed by atoms with E-state index < -0.39 is 22.2 Å². The largest absolute Gasteiger partial charge is 0.380 e. The van der Waals surface area contributed by atoms with Crippen molar-refractivity contribution in [1.29, 1.82) is 0 Å². The van der Waals surface area contributed by atoms with Crippen molar-refractivity contribution in [1.82, 2.24) is 0 Å². The minimum absolute atomic E-state index is 0.280. The zero-order valence-corrected chi connectivity index (χ0v) is 8.37. The van der Waals surface area contributed by atoms with E-state index in [2.05, 4.69) is 5.32 Å². The lowest BCUT2D eigenvalue weighted by molar-refractivity contribution is -0.385. The highest BCUT2D eigenvalue weighted by Gasteiger charge is 2.23. The van der Waals surface area contributed by atoms with Crippen LogP contribution in [0, 0.1) is 27.7 Å². The molecule has 1 aromatic carbocycles. The van der Waals surface area contributed by atoms with E-state index in [4.69, 9.17) is 0 Å². The predicted octanol–water partition coefficient (Wildman–Crippen LogP) is 2.69. The Bertz CT molecular complexity index is 410. The Balaban J connectivity index is 2.19. The van der Waals surface area contributed by atoms with Crippen molar-refractivity contribution in [3.8, 4) is 0 Å². The van der Waals surface area contributed by atoms with Gasteiger partial charge in [-0.15, -0.1) is 0 Å². The van der Waals surface area contributed by atoms with Crippen molar-refractivity contribution in [2.24, 2.45) is 5.92 Å². The molecule has 0 atom stereocenters. The molecule has 0 radical (unpaired) electrons. The molecule has 0 bridgehead atoms. The molecule has 4 nitrogen and oxygen atoms in total. The molecule has 16 heavy (non-hydrogen) atoms. The number of anilines is 1. The minimum atomic E-state index is -0.924. The summed E-state index contributed by atoms with van der Waals surface area (Å²) in [5.41, 5.74) is -0.857. The van der Waals surface area contributed by atoms with Gasteiger partial charge in [-0.2, -0.15) is 0 Å². The molecule has 1 N–H and O–H groups in total. The van der Waals surface area contributed by atoms with Gasteiger partial charge in [0.2, 0.25) is 0 Å². The molecule has 0 amide bonds. The zero-order chi connectivity index (χ0) is 11.7. The van der Waals surface area contributed by atoms with Crippen LogP contribution in [0.2, 0.25) is 0 Å². The van der Waals surface area contributed by atoms with E-state index in [-0.39, 0.29) is 5.69 Å². The summed E-state index contributed by atoms with van der Waals surface area (Å²) in [4.78, 5) is 9.52. The van der Waals surface area contributed by atoms with E-state index in [0.717, 1.165) is 25.0 Å². The fourth-order valence-electron chi connectivity index (χ4n) is 1.40. The highest BCUT2D eigenvalue weighted by atomic mass is 19.1. The first-order valence-corrected chi connectivity index (χ1v) is 4.95. The summed E-state index contributed by atoms with van der Waals surface area (Å²) in [6.07, 6.45) is 2.12. The summed E-state index contributed by atoms with van der Waals surface area (Å²) < 4.78 is 26.7. The fraction of sp³-hybridized carbons (Fsp3) is 0.400. The molecule has 0 aromatic heterocycles. The van der Waals surface area contributed by atoms with Crippen LogP contribution in [0.4, 0.5) is 20.2 Å². The van der Waals surface area contributed by atoms with Crippen LogP contribution >= 0.6 is 0 Å². The smallest absolute Gasteiger partial charge is 0.275 e. The molecule has 1 saturated carbocycles. The van der Waals surface area contributed by atoms with Gasteiger partial charge < -0.3 is 5.32 Å². The maximum Gasteiger partial charge on any atom is 0.275 e. The molecule has 1 aliphatic rings. The van der Waals surface area contributed by atoms with Crippen molar-refractivity contribution >= 4 is 11.4 Å². The molecule has 0 unspecified atom stereocenters. The highest BCUT2D eigenvalue weighted by Crippen LogP contribution is 2.30. The van der Waals surface area contributed by atoms with Crippen LogP contribution in [0.5, 0.6) is 0 Å². The van der Waals surface area contributed by atoms with Crippen LogP contribution in [-0.4, -0.2) is 11.5 Å². The number of nitrogens with zero attached hydrogens (tertiary/aromatic N) is 1. The van der Waals surface area contributed by atoms with E-state index in [1.165, 1.54) is 0 Å². The second-order valence-electron chi connectivity index (χ2n) is 3.87. The summed E-state index contributed by atoms with van der Waals surface area (Å²) in [5, 5.41) is 13.0. The van der Waals surface area contributed by atoms with Crippen LogP contribution < -0.4 is 5.32 Å². The van der Waals surface area contributed by atoms with Gasteiger partial charge in [-0.25, -0.2) is 8.78 Å². The normalized spacial score (nSPS) is 14.9. The first kappa shape index (κ1) is 10.8. The van der Waals surface area contributed by atoms with Gasteiger partial charge in [0.1, 0.15) is 5.69 Å². The number of benzene rings is 1. The number of non-ortho nitro benzene ring substituents is 1. The molecule has 1 aromatic rings. The van der Waals surface area contributed by atoms with Crippen LogP contribution in [0.1, 0.15) is 12.8 Å². The number of hydrogen-bond acceptors (Lipinski definition) is 3. The molecule has 0 saturated heterocycles. The second kappa shape index (κ2) is 4.03. The van der Waals surface area contributed by atoms with Gasteiger partial charge in [0.15, 0.2) is 11.6 Å². The standard InChI is InChI=1S/C10H10F2N2O2/c11-8-3-7(14(15)16)4-9(12)10(8)13-5-6-1-2-6/h3-4,6,13H,1-2,5H2. The first-order valence-electron chi connectivity index (χ1n) is 4.95. The quantitative estimate of drug-likeness (QED) is 0.636. The van der Waals surface area contributed by atoms with E-state index in [0.29, 0.717) is 12.5 Å². The Morgan fingerprint density at radius 3 is 2.38 bits per heavy atom. The summed E-state index contributed by atoms with van der Waals surface area (Å²) in [6, 6.07) is 1.44. The molecule has 6 heteroatoms.